The van der Waals surface area contributed by atoms with Gasteiger partial charge in [0.1, 0.15) is 5.78 Å². The Morgan fingerprint density at radius 2 is 1.73 bits per heavy atom. The highest BCUT2D eigenvalue weighted by Gasteiger charge is 2.59. The molecule has 3 saturated carbocycles. The van der Waals surface area contributed by atoms with Crippen LogP contribution in [-0.4, -0.2) is 20.2 Å². The van der Waals surface area contributed by atoms with Crippen molar-refractivity contribution in [3.8, 4) is 0 Å². The summed E-state index contributed by atoms with van der Waals surface area (Å²) in [6.07, 6.45) is 13.1. The molecule has 7 atom stereocenters. The lowest BCUT2D eigenvalue weighted by Gasteiger charge is -2.58. The molecular weight excluding hydrogens is 384 g/mol. The van der Waals surface area contributed by atoms with E-state index in [9.17, 15) is 4.79 Å². The van der Waals surface area contributed by atoms with E-state index in [4.69, 9.17) is 4.43 Å². The van der Waals surface area contributed by atoms with Crippen molar-refractivity contribution < 1.29 is 9.22 Å². The van der Waals surface area contributed by atoms with E-state index in [1.54, 1.807) is 5.57 Å². The van der Waals surface area contributed by atoms with E-state index in [2.05, 4.69) is 40.7 Å². The molecule has 3 heteroatoms. The predicted molar refractivity (Wildman–Crippen MR) is 128 cm³/mol. The van der Waals surface area contributed by atoms with E-state index in [0.717, 1.165) is 24.2 Å². The summed E-state index contributed by atoms with van der Waals surface area (Å²) >= 11 is 0. The molecule has 3 fully saturated rings. The third-order valence-electron chi connectivity index (χ3n) is 10.9. The number of hydrogen-bond donors (Lipinski definition) is 0. The van der Waals surface area contributed by atoms with Crippen LogP contribution in [0.15, 0.2) is 11.6 Å². The minimum atomic E-state index is -1.53. The normalized spacial score (nSPS) is 43.4. The van der Waals surface area contributed by atoms with Gasteiger partial charge in [0, 0.05) is 12.0 Å². The molecule has 0 amide bonds. The number of rotatable bonds is 6. The molecule has 0 aliphatic heterocycles. The average molecular weight is 431 g/mol. The summed E-state index contributed by atoms with van der Waals surface area (Å²) in [4.78, 5) is 12.4. The maximum Gasteiger partial charge on any atom is 0.192 e. The molecule has 0 aromatic carbocycles. The molecule has 30 heavy (non-hydrogen) atoms. The van der Waals surface area contributed by atoms with Crippen molar-refractivity contribution in [1.82, 2.24) is 0 Å². The van der Waals surface area contributed by atoms with Crippen molar-refractivity contribution in [1.29, 1.82) is 0 Å². The topological polar surface area (TPSA) is 26.3 Å². The lowest BCUT2D eigenvalue weighted by Crippen LogP contribution is -2.51. The second-order valence-corrected chi connectivity index (χ2v) is 16.5. The first-order chi connectivity index (χ1) is 14.2. The van der Waals surface area contributed by atoms with Crippen molar-refractivity contribution in [2.75, 3.05) is 0 Å². The van der Waals surface area contributed by atoms with Crippen LogP contribution in [0.2, 0.25) is 18.1 Å². The van der Waals surface area contributed by atoms with Crippen molar-refractivity contribution >= 4 is 14.1 Å². The Balaban J connectivity index is 1.53. The van der Waals surface area contributed by atoms with Crippen LogP contribution in [0.3, 0.4) is 0 Å². The minimum Gasteiger partial charge on any atom is -0.414 e. The Morgan fingerprint density at radius 3 is 2.37 bits per heavy atom. The van der Waals surface area contributed by atoms with Gasteiger partial charge in [0.15, 0.2) is 8.32 Å². The molecule has 0 saturated heterocycles. The van der Waals surface area contributed by atoms with E-state index in [1.165, 1.54) is 63.1 Å². The van der Waals surface area contributed by atoms with Gasteiger partial charge in [-0.25, -0.2) is 0 Å². The third-order valence-corrected chi connectivity index (χ3v) is 15.6. The molecule has 4 rings (SSSR count). The molecule has 0 heterocycles. The van der Waals surface area contributed by atoms with Crippen LogP contribution in [0.1, 0.15) is 92.9 Å². The van der Waals surface area contributed by atoms with Gasteiger partial charge in [-0.2, -0.15) is 0 Å². The number of fused-ring (bicyclic) bond motifs is 5. The predicted octanol–water partition coefficient (Wildman–Crippen LogP) is 7.54. The smallest absolute Gasteiger partial charge is 0.192 e. The summed E-state index contributed by atoms with van der Waals surface area (Å²) in [5.41, 5.74) is 2.38. The molecule has 0 aromatic heterocycles. The molecule has 0 spiro atoms. The Bertz CT molecular complexity index is 687. The Hall–Kier alpha value is -0.413. The lowest BCUT2D eigenvalue weighted by molar-refractivity contribution is -0.127. The van der Waals surface area contributed by atoms with Gasteiger partial charge in [0.2, 0.25) is 0 Å². The summed E-state index contributed by atoms with van der Waals surface area (Å²) in [6, 6.07) is 3.78. The van der Waals surface area contributed by atoms with E-state index in [0.29, 0.717) is 23.2 Å². The zero-order chi connectivity index (χ0) is 21.7. The molecular formula is C27H46O2Si. The maximum atomic E-state index is 12.4. The monoisotopic (exact) mass is 430 g/mol. The fraction of sp³-hybridized carbons (Fsp3) is 0.889. The maximum absolute atomic E-state index is 12.4. The zero-order valence-corrected chi connectivity index (χ0v) is 21.6. The molecule has 0 bridgehead atoms. The van der Waals surface area contributed by atoms with Gasteiger partial charge in [-0.1, -0.05) is 46.3 Å². The van der Waals surface area contributed by atoms with Crippen LogP contribution in [0.5, 0.6) is 0 Å². The van der Waals surface area contributed by atoms with Gasteiger partial charge in [-0.3, -0.25) is 4.79 Å². The fourth-order valence-electron chi connectivity index (χ4n) is 8.75. The second-order valence-electron chi connectivity index (χ2n) is 11.8. The SMILES string of the molecule is CC[Si](CC)(CC)OC1CCC2(C)C(=CCC3C2CCC2(C)C(C(C)=O)CCC32)C1. The van der Waals surface area contributed by atoms with Crippen molar-refractivity contribution in [2.24, 2.45) is 34.5 Å². The first-order valence-electron chi connectivity index (χ1n) is 13.1. The lowest BCUT2D eigenvalue weighted by atomic mass is 9.47. The summed E-state index contributed by atoms with van der Waals surface area (Å²) < 4.78 is 6.94. The van der Waals surface area contributed by atoms with E-state index < -0.39 is 8.32 Å². The van der Waals surface area contributed by atoms with Gasteiger partial charge < -0.3 is 4.43 Å². The third kappa shape index (κ3) is 3.41. The number of allylic oxidation sites excluding steroid dienone is 1. The van der Waals surface area contributed by atoms with Crippen LogP contribution in [0.25, 0.3) is 0 Å². The van der Waals surface area contributed by atoms with E-state index in [-0.39, 0.29) is 5.41 Å². The van der Waals surface area contributed by atoms with Crippen LogP contribution in [0, 0.1) is 34.5 Å². The molecule has 7 unspecified atom stereocenters. The van der Waals surface area contributed by atoms with Gasteiger partial charge in [-0.05, 0) is 105 Å². The summed E-state index contributed by atoms with van der Waals surface area (Å²) in [6.45, 7) is 14.0. The highest BCUT2D eigenvalue weighted by Crippen LogP contribution is 2.66. The first-order valence-corrected chi connectivity index (χ1v) is 15.6. The Labute approximate surface area is 186 Å². The molecule has 170 valence electrons. The summed E-state index contributed by atoms with van der Waals surface area (Å²) in [7, 11) is -1.53. The zero-order valence-electron chi connectivity index (χ0n) is 20.6. The molecule has 0 N–H and O–H groups in total. The number of ketones is 1. The van der Waals surface area contributed by atoms with E-state index in [1.807, 2.05) is 6.92 Å². The van der Waals surface area contributed by atoms with E-state index >= 15 is 0 Å². The first kappa shape index (κ1) is 22.8. The number of carbonyl (C=O) groups is 1. The van der Waals surface area contributed by atoms with Crippen LogP contribution in [-0.2, 0) is 9.22 Å². The fourth-order valence-corrected chi connectivity index (χ4v) is 11.7. The molecule has 0 aromatic rings. The molecule has 4 aliphatic carbocycles. The number of hydrogen-bond acceptors (Lipinski definition) is 2. The van der Waals surface area contributed by atoms with Crippen LogP contribution < -0.4 is 0 Å². The van der Waals surface area contributed by atoms with Crippen LogP contribution >= 0.6 is 0 Å². The van der Waals surface area contributed by atoms with Gasteiger partial charge in [0.05, 0.1) is 0 Å². The van der Waals surface area contributed by atoms with Crippen molar-refractivity contribution in [2.45, 2.75) is 117 Å². The second kappa shape index (κ2) is 8.18. The number of Topliss-reactive ketones (excluding diaryl/α,β-unsaturated/α-hetero) is 1. The molecule has 2 nitrogen and oxygen atoms in total. The number of carbonyl (C=O) groups excluding carboxylic acids is 1. The average Bonchev–Trinajstić information content (AvgIpc) is 3.10. The largest absolute Gasteiger partial charge is 0.414 e. The highest BCUT2D eigenvalue weighted by molar-refractivity contribution is 6.73. The van der Waals surface area contributed by atoms with Gasteiger partial charge in [-0.15, -0.1) is 0 Å². The van der Waals surface area contributed by atoms with Gasteiger partial charge in [0.25, 0.3) is 0 Å². The quantitative estimate of drug-likeness (QED) is 0.321. The Morgan fingerprint density at radius 1 is 1.03 bits per heavy atom. The molecule has 0 radical (unpaired) electrons. The minimum absolute atomic E-state index is 0.267. The standard InChI is InChI=1S/C27H46O2Si/c1-7-30(8-2,9-3)29-21-14-16-26(5)20(18-21)10-11-22-24-13-12-23(19(4)28)27(24,6)17-15-25(22)26/h10,21-25H,7-9,11-18H2,1-6H3. The van der Waals surface area contributed by atoms with Gasteiger partial charge >= 0.3 is 0 Å². The highest BCUT2D eigenvalue weighted by atomic mass is 28.4. The van der Waals surface area contributed by atoms with Crippen LogP contribution in [0.4, 0.5) is 0 Å². The molecule has 4 aliphatic rings. The summed E-state index contributed by atoms with van der Waals surface area (Å²) in [5, 5.41) is 0. The van der Waals surface area contributed by atoms with Crippen molar-refractivity contribution in [3.63, 3.8) is 0 Å². The summed E-state index contributed by atoms with van der Waals surface area (Å²) in [5.74, 6) is 3.15. The Kier molecular flexibility index (Phi) is 6.20. The van der Waals surface area contributed by atoms with Crippen molar-refractivity contribution in [3.05, 3.63) is 11.6 Å².